The minimum atomic E-state index is -4.44. The molecule has 1 unspecified atom stereocenters. The van der Waals surface area contributed by atoms with Gasteiger partial charge in [0, 0.05) is 37.9 Å². The topological polar surface area (TPSA) is 190 Å². The molecule has 1 atom stereocenters. The summed E-state index contributed by atoms with van der Waals surface area (Å²) in [6.07, 6.45) is 1.66. The number of aromatic nitrogens is 4. The summed E-state index contributed by atoms with van der Waals surface area (Å²) in [5.41, 5.74) is 6.59. The Morgan fingerprint density at radius 1 is 1.17 bits per heavy atom. The summed E-state index contributed by atoms with van der Waals surface area (Å²) in [6, 6.07) is 2.78. The van der Waals surface area contributed by atoms with Gasteiger partial charge >= 0.3 is 0 Å². The molecule has 14 heteroatoms. The molecular formula is C15H22N8O4S2. The third-order valence-corrected chi connectivity index (χ3v) is 8.54. The van der Waals surface area contributed by atoms with Gasteiger partial charge in [0.2, 0.25) is 10.0 Å². The smallest absolute Gasteiger partial charge is 0.240 e. The van der Waals surface area contributed by atoms with E-state index in [1.54, 1.807) is 6.07 Å². The van der Waals surface area contributed by atoms with E-state index in [0.717, 1.165) is 12.8 Å². The highest BCUT2D eigenvalue weighted by Gasteiger charge is 2.39. The Kier molecular flexibility index (Phi) is 5.06. The molecule has 2 aromatic rings. The average molecular weight is 443 g/mol. The van der Waals surface area contributed by atoms with Crippen molar-refractivity contribution < 1.29 is 16.8 Å². The molecular weight excluding hydrogens is 420 g/mol. The number of aromatic amines is 1. The fourth-order valence-electron chi connectivity index (χ4n) is 3.71. The lowest BCUT2D eigenvalue weighted by Gasteiger charge is -2.34. The molecule has 0 radical (unpaired) electrons. The van der Waals surface area contributed by atoms with Gasteiger partial charge in [-0.3, -0.25) is 0 Å². The van der Waals surface area contributed by atoms with Gasteiger partial charge in [0.25, 0.3) is 0 Å². The molecule has 1 aromatic carbocycles. The van der Waals surface area contributed by atoms with Crippen LogP contribution in [0.5, 0.6) is 0 Å². The van der Waals surface area contributed by atoms with E-state index in [4.69, 9.17) is 10.9 Å². The molecule has 6 N–H and O–H groups in total. The van der Waals surface area contributed by atoms with Crippen LogP contribution in [0.2, 0.25) is 0 Å². The zero-order valence-corrected chi connectivity index (χ0v) is 17.1. The second kappa shape index (κ2) is 7.28. The number of anilines is 1. The fourth-order valence-corrected chi connectivity index (χ4v) is 6.89. The maximum Gasteiger partial charge on any atom is 0.240 e. The summed E-state index contributed by atoms with van der Waals surface area (Å²) in [4.78, 5) is 1.06. The Hall–Kier alpha value is -2.13. The molecule has 0 aliphatic carbocycles. The lowest BCUT2D eigenvalue weighted by molar-refractivity contribution is 0.493. The zero-order chi connectivity index (χ0) is 20.8. The van der Waals surface area contributed by atoms with Gasteiger partial charge in [0.05, 0.1) is 15.7 Å². The zero-order valence-electron chi connectivity index (χ0n) is 15.4. The highest BCUT2D eigenvalue weighted by molar-refractivity contribution is 7.94. The van der Waals surface area contributed by atoms with Gasteiger partial charge in [-0.05, 0) is 35.4 Å². The number of hydrogen-bond acceptors (Lipinski definition) is 10. The number of benzene rings is 1. The van der Waals surface area contributed by atoms with E-state index >= 15 is 0 Å². The Bertz CT molecular complexity index is 1110. The molecule has 1 aromatic heterocycles. The third-order valence-electron chi connectivity index (χ3n) is 5.25. The van der Waals surface area contributed by atoms with Gasteiger partial charge in [0.15, 0.2) is 15.7 Å². The second-order valence-corrected chi connectivity index (χ2v) is 11.0. The number of nitrogens with one attached hydrogen (secondary N) is 2. The molecule has 0 saturated carbocycles. The van der Waals surface area contributed by atoms with Crippen LogP contribution in [-0.4, -0.2) is 74.9 Å². The number of nitrogens with zero attached hydrogens (tertiary/aromatic N) is 4. The number of H-pyrrole nitrogens is 1. The lowest BCUT2D eigenvalue weighted by atomic mass is 10.0. The SMILES string of the molecule is NC1CCCN(c2ccc(S(=O)(=O)C3CNC3)c(S(N)(=O)=O)c2-c2nnn[nH]2)C1. The van der Waals surface area contributed by atoms with Crippen molar-refractivity contribution in [3.8, 4) is 11.4 Å². The molecule has 2 saturated heterocycles. The summed E-state index contributed by atoms with van der Waals surface area (Å²) in [7, 11) is -8.37. The largest absolute Gasteiger partial charge is 0.369 e. The lowest BCUT2D eigenvalue weighted by Crippen LogP contribution is -2.51. The van der Waals surface area contributed by atoms with Crippen LogP contribution in [0.25, 0.3) is 11.4 Å². The molecule has 4 rings (SSSR count). The van der Waals surface area contributed by atoms with Crippen molar-refractivity contribution in [2.45, 2.75) is 33.9 Å². The van der Waals surface area contributed by atoms with E-state index in [9.17, 15) is 16.8 Å². The van der Waals surface area contributed by atoms with Crippen molar-refractivity contribution in [3.05, 3.63) is 12.1 Å². The number of primary sulfonamides is 1. The Balaban J connectivity index is 2.00. The molecule has 3 heterocycles. The monoisotopic (exact) mass is 442 g/mol. The highest BCUT2D eigenvalue weighted by Crippen LogP contribution is 2.40. The van der Waals surface area contributed by atoms with Crippen LogP contribution in [-0.2, 0) is 19.9 Å². The normalized spacial score (nSPS) is 21.2. The van der Waals surface area contributed by atoms with Crippen LogP contribution in [0.4, 0.5) is 5.69 Å². The molecule has 158 valence electrons. The number of hydrogen-bond donors (Lipinski definition) is 4. The molecule has 2 aliphatic rings. The van der Waals surface area contributed by atoms with E-state index in [2.05, 4.69) is 25.9 Å². The van der Waals surface area contributed by atoms with Crippen molar-refractivity contribution in [2.75, 3.05) is 31.1 Å². The first-order valence-electron chi connectivity index (χ1n) is 9.08. The maximum absolute atomic E-state index is 13.1. The number of nitrogens with two attached hydrogens (primary N) is 2. The maximum atomic E-state index is 13.1. The van der Waals surface area contributed by atoms with Crippen LogP contribution in [0, 0.1) is 0 Å². The third kappa shape index (κ3) is 3.61. The number of piperidine rings is 1. The predicted molar refractivity (Wildman–Crippen MR) is 104 cm³/mol. The number of sulfonamides is 1. The van der Waals surface area contributed by atoms with Crippen LogP contribution >= 0.6 is 0 Å². The minimum absolute atomic E-state index is 0.0203. The van der Waals surface area contributed by atoms with E-state index in [1.165, 1.54) is 6.07 Å². The predicted octanol–water partition coefficient (Wildman–Crippen LogP) is -1.81. The minimum Gasteiger partial charge on any atom is -0.369 e. The van der Waals surface area contributed by atoms with Crippen molar-refractivity contribution in [1.82, 2.24) is 25.9 Å². The highest BCUT2D eigenvalue weighted by atomic mass is 32.2. The summed E-state index contributed by atoms with van der Waals surface area (Å²) < 4.78 is 51.4. The first kappa shape index (κ1) is 20.2. The average Bonchev–Trinajstić information content (AvgIpc) is 3.12. The second-order valence-electron chi connectivity index (χ2n) is 7.26. The molecule has 0 bridgehead atoms. The van der Waals surface area contributed by atoms with Gasteiger partial charge < -0.3 is 16.0 Å². The molecule has 2 fully saturated rings. The number of rotatable bonds is 5. The van der Waals surface area contributed by atoms with Gasteiger partial charge in [-0.15, -0.1) is 5.10 Å². The number of tetrazole rings is 1. The molecule has 0 amide bonds. The van der Waals surface area contributed by atoms with Gasteiger partial charge in [-0.2, -0.15) is 0 Å². The summed E-state index contributed by atoms with van der Waals surface area (Å²) in [6.45, 7) is 1.60. The van der Waals surface area contributed by atoms with Crippen LogP contribution in [0.3, 0.4) is 0 Å². The molecule has 2 aliphatic heterocycles. The Labute approximate surface area is 168 Å². The van der Waals surface area contributed by atoms with E-state index < -0.39 is 30.0 Å². The van der Waals surface area contributed by atoms with Crippen LogP contribution in [0.1, 0.15) is 12.8 Å². The van der Waals surface area contributed by atoms with Gasteiger partial charge in [-0.25, -0.2) is 27.1 Å². The molecule has 29 heavy (non-hydrogen) atoms. The van der Waals surface area contributed by atoms with Crippen molar-refractivity contribution in [3.63, 3.8) is 0 Å². The standard InChI is InChI=1S/C15H22N8O4S2/c16-9-2-1-5-23(8-9)11-3-4-12(28(24,25)10-6-18-7-10)14(29(17,26)27)13(11)15-19-21-22-20-15/h3-4,9-10,18H,1-2,5-8,16H2,(H2,17,26,27)(H,19,20,21,22). The quantitative estimate of drug-likeness (QED) is 0.410. The summed E-state index contributed by atoms with van der Waals surface area (Å²) in [5.74, 6) is 0.0203. The van der Waals surface area contributed by atoms with Crippen molar-refractivity contribution in [1.29, 1.82) is 0 Å². The van der Waals surface area contributed by atoms with Gasteiger partial charge in [0.1, 0.15) is 4.90 Å². The molecule has 12 nitrogen and oxygen atoms in total. The van der Waals surface area contributed by atoms with Crippen molar-refractivity contribution >= 4 is 25.5 Å². The van der Waals surface area contributed by atoms with Crippen LogP contribution in [0.15, 0.2) is 21.9 Å². The van der Waals surface area contributed by atoms with Gasteiger partial charge in [-0.1, -0.05) is 0 Å². The Morgan fingerprint density at radius 2 is 1.93 bits per heavy atom. The summed E-state index contributed by atoms with van der Waals surface area (Å²) in [5, 5.41) is 21.1. The fraction of sp³-hybridized carbons (Fsp3) is 0.533. The Morgan fingerprint density at radius 3 is 2.48 bits per heavy atom. The van der Waals surface area contributed by atoms with E-state index in [0.29, 0.717) is 18.8 Å². The molecule has 0 spiro atoms. The first-order chi connectivity index (χ1) is 13.7. The van der Waals surface area contributed by atoms with Crippen molar-refractivity contribution in [2.24, 2.45) is 10.9 Å². The first-order valence-corrected chi connectivity index (χ1v) is 12.2. The number of sulfone groups is 1. The van der Waals surface area contributed by atoms with Crippen LogP contribution < -0.4 is 21.1 Å². The van der Waals surface area contributed by atoms with E-state index in [-0.39, 0.29) is 35.4 Å². The van der Waals surface area contributed by atoms with E-state index in [1.807, 2.05) is 4.90 Å². The summed E-state index contributed by atoms with van der Waals surface area (Å²) >= 11 is 0.